The smallest absolute Gasteiger partial charge is 0.257 e. The number of carbonyl (C=O) groups is 2. The number of amides is 2. The molecule has 2 rings (SSSR count). The first kappa shape index (κ1) is 19.3. The third-order valence-electron chi connectivity index (χ3n) is 3.31. The van der Waals surface area contributed by atoms with Gasteiger partial charge in [0.15, 0.2) is 0 Å². The van der Waals surface area contributed by atoms with Crippen LogP contribution in [0.3, 0.4) is 0 Å². The standard InChI is InChI=1S/C16H11BrClF3N2O2/c17-10-2-1-8(18)3-7(10)4-13(15(22)24)23-16(25)14-11(20)5-9(19)6-12(14)21/h1-3,5-6,13H,4H2,(H2,22,24)(H,23,25)/t13-/m1/s1. The molecule has 9 heteroatoms. The molecule has 0 aliphatic rings. The minimum absolute atomic E-state index is 0.0628. The van der Waals surface area contributed by atoms with Crippen molar-refractivity contribution in [3.8, 4) is 0 Å². The third-order valence-corrected chi connectivity index (χ3v) is 4.32. The van der Waals surface area contributed by atoms with Crippen molar-refractivity contribution >= 4 is 39.3 Å². The number of rotatable bonds is 5. The summed E-state index contributed by atoms with van der Waals surface area (Å²) < 4.78 is 40.9. The van der Waals surface area contributed by atoms with Crippen molar-refractivity contribution in [3.05, 3.63) is 68.4 Å². The van der Waals surface area contributed by atoms with Crippen LogP contribution in [0.4, 0.5) is 13.2 Å². The van der Waals surface area contributed by atoms with Gasteiger partial charge in [0.1, 0.15) is 29.1 Å². The van der Waals surface area contributed by atoms with Crippen LogP contribution in [0.15, 0.2) is 34.8 Å². The number of carbonyl (C=O) groups excluding carboxylic acids is 2. The summed E-state index contributed by atoms with van der Waals surface area (Å²) in [5, 5.41) is 2.54. The lowest BCUT2D eigenvalue weighted by Gasteiger charge is -2.17. The molecule has 4 nitrogen and oxygen atoms in total. The minimum Gasteiger partial charge on any atom is -0.368 e. The molecule has 2 aromatic carbocycles. The van der Waals surface area contributed by atoms with E-state index in [0.717, 1.165) is 0 Å². The summed E-state index contributed by atoms with van der Waals surface area (Å²) in [5.74, 6) is -6.08. The lowest BCUT2D eigenvalue weighted by molar-refractivity contribution is -0.119. The number of nitrogens with two attached hydrogens (primary N) is 1. The zero-order valence-electron chi connectivity index (χ0n) is 12.5. The predicted molar refractivity (Wildman–Crippen MR) is 89.6 cm³/mol. The van der Waals surface area contributed by atoms with E-state index < -0.39 is 40.9 Å². The van der Waals surface area contributed by atoms with E-state index in [2.05, 4.69) is 21.2 Å². The quantitative estimate of drug-likeness (QED) is 0.756. The third kappa shape index (κ3) is 4.73. The van der Waals surface area contributed by atoms with Gasteiger partial charge in [0, 0.05) is 28.0 Å². The Morgan fingerprint density at radius 1 is 1.16 bits per heavy atom. The molecular formula is C16H11BrClF3N2O2. The van der Waals surface area contributed by atoms with Crippen LogP contribution in [-0.4, -0.2) is 17.9 Å². The highest BCUT2D eigenvalue weighted by atomic mass is 79.9. The molecule has 0 unspecified atom stereocenters. The second-order valence-corrected chi connectivity index (χ2v) is 6.40. The summed E-state index contributed by atoms with van der Waals surface area (Å²) in [4.78, 5) is 23.7. The van der Waals surface area contributed by atoms with E-state index in [1.807, 2.05) is 0 Å². The topological polar surface area (TPSA) is 72.2 Å². The van der Waals surface area contributed by atoms with Crippen molar-refractivity contribution < 1.29 is 22.8 Å². The summed E-state index contributed by atoms with van der Waals surface area (Å²) in [6.07, 6.45) is -0.0628. The summed E-state index contributed by atoms with van der Waals surface area (Å²) in [6.45, 7) is 0. The number of benzene rings is 2. The van der Waals surface area contributed by atoms with E-state index in [9.17, 15) is 22.8 Å². The van der Waals surface area contributed by atoms with Crippen molar-refractivity contribution in [2.75, 3.05) is 0 Å². The molecule has 1 atom stereocenters. The van der Waals surface area contributed by atoms with Crippen LogP contribution < -0.4 is 11.1 Å². The molecule has 0 radical (unpaired) electrons. The zero-order valence-corrected chi connectivity index (χ0v) is 14.8. The summed E-state index contributed by atoms with van der Waals surface area (Å²) in [5.41, 5.74) is 4.80. The monoisotopic (exact) mass is 434 g/mol. The number of hydrogen-bond acceptors (Lipinski definition) is 2. The number of primary amides is 1. The molecule has 25 heavy (non-hydrogen) atoms. The first-order chi connectivity index (χ1) is 11.7. The maximum absolute atomic E-state index is 13.7. The van der Waals surface area contributed by atoms with Gasteiger partial charge >= 0.3 is 0 Å². The fourth-order valence-electron chi connectivity index (χ4n) is 2.13. The summed E-state index contributed by atoms with van der Waals surface area (Å²) in [6, 6.07) is 4.27. The maximum Gasteiger partial charge on any atom is 0.257 e. The van der Waals surface area contributed by atoms with Gasteiger partial charge in [-0.25, -0.2) is 13.2 Å². The molecule has 3 N–H and O–H groups in total. The highest BCUT2D eigenvalue weighted by molar-refractivity contribution is 9.10. The Bertz CT molecular complexity index is 825. The van der Waals surface area contributed by atoms with E-state index in [-0.39, 0.29) is 6.42 Å². The van der Waals surface area contributed by atoms with Crippen molar-refractivity contribution in [1.29, 1.82) is 0 Å². The van der Waals surface area contributed by atoms with Gasteiger partial charge in [0.05, 0.1) is 0 Å². The van der Waals surface area contributed by atoms with Gasteiger partial charge in [0.25, 0.3) is 5.91 Å². The van der Waals surface area contributed by atoms with Crippen molar-refractivity contribution in [3.63, 3.8) is 0 Å². The lowest BCUT2D eigenvalue weighted by Crippen LogP contribution is -2.46. The fourth-order valence-corrected chi connectivity index (χ4v) is 2.74. The van der Waals surface area contributed by atoms with Crippen molar-refractivity contribution in [2.45, 2.75) is 12.5 Å². The van der Waals surface area contributed by atoms with Crippen molar-refractivity contribution in [2.24, 2.45) is 5.73 Å². The molecular weight excluding hydrogens is 425 g/mol. The van der Waals surface area contributed by atoms with Gasteiger partial charge in [-0.3, -0.25) is 9.59 Å². The van der Waals surface area contributed by atoms with Crippen LogP contribution in [0.25, 0.3) is 0 Å². The maximum atomic E-state index is 13.7. The van der Waals surface area contributed by atoms with E-state index in [1.165, 1.54) is 0 Å². The average Bonchev–Trinajstić information content (AvgIpc) is 2.49. The van der Waals surface area contributed by atoms with Crippen molar-refractivity contribution in [1.82, 2.24) is 5.32 Å². The molecule has 2 amide bonds. The molecule has 0 saturated heterocycles. The Hall–Kier alpha value is -2.06. The van der Waals surface area contributed by atoms with Gasteiger partial charge in [-0.2, -0.15) is 0 Å². The summed E-state index contributed by atoms with van der Waals surface area (Å²) >= 11 is 9.14. The highest BCUT2D eigenvalue weighted by Crippen LogP contribution is 2.23. The van der Waals surface area contributed by atoms with Gasteiger partial charge in [-0.15, -0.1) is 0 Å². The second kappa shape index (κ2) is 7.88. The zero-order chi connectivity index (χ0) is 18.7. The van der Waals surface area contributed by atoms with Crippen LogP contribution in [0.2, 0.25) is 5.02 Å². The average molecular weight is 436 g/mol. The second-order valence-electron chi connectivity index (χ2n) is 5.11. The molecule has 0 spiro atoms. The Balaban J connectivity index is 2.26. The van der Waals surface area contributed by atoms with Crippen LogP contribution in [0.1, 0.15) is 15.9 Å². The number of hydrogen-bond donors (Lipinski definition) is 2. The van der Waals surface area contributed by atoms with Crippen LogP contribution in [0.5, 0.6) is 0 Å². The molecule has 0 aliphatic carbocycles. The van der Waals surface area contributed by atoms with Gasteiger partial charge in [0.2, 0.25) is 5.91 Å². The molecule has 0 aliphatic heterocycles. The molecule has 0 bridgehead atoms. The highest BCUT2D eigenvalue weighted by Gasteiger charge is 2.25. The normalized spacial score (nSPS) is 11.9. The first-order valence-electron chi connectivity index (χ1n) is 6.87. The largest absolute Gasteiger partial charge is 0.368 e. The lowest BCUT2D eigenvalue weighted by atomic mass is 10.0. The van der Waals surface area contributed by atoms with Crippen LogP contribution >= 0.6 is 27.5 Å². The molecule has 0 aromatic heterocycles. The van der Waals surface area contributed by atoms with Gasteiger partial charge < -0.3 is 11.1 Å². The van der Waals surface area contributed by atoms with E-state index in [1.54, 1.807) is 18.2 Å². The molecule has 132 valence electrons. The first-order valence-corrected chi connectivity index (χ1v) is 8.04. The van der Waals surface area contributed by atoms with Crippen LogP contribution in [0, 0.1) is 17.5 Å². The number of halogens is 5. The predicted octanol–water partition coefficient (Wildman–Crippen LogP) is 3.35. The Morgan fingerprint density at radius 2 is 1.76 bits per heavy atom. The Labute approximate surface area is 154 Å². The van der Waals surface area contributed by atoms with E-state index in [0.29, 0.717) is 27.2 Å². The SMILES string of the molecule is NC(=O)[C@@H](Cc1cc(Cl)ccc1Br)NC(=O)c1c(F)cc(F)cc1F. The number of nitrogens with one attached hydrogen (secondary N) is 1. The van der Waals surface area contributed by atoms with E-state index >= 15 is 0 Å². The van der Waals surface area contributed by atoms with Crippen LogP contribution in [-0.2, 0) is 11.2 Å². The van der Waals surface area contributed by atoms with Gasteiger partial charge in [-0.1, -0.05) is 27.5 Å². The molecule has 0 heterocycles. The van der Waals surface area contributed by atoms with Gasteiger partial charge in [-0.05, 0) is 23.8 Å². The summed E-state index contributed by atoms with van der Waals surface area (Å²) in [7, 11) is 0. The molecule has 0 fully saturated rings. The molecule has 0 saturated carbocycles. The fraction of sp³-hybridized carbons (Fsp3) is 0.125. The molecule has 2 aromatic rings. The van der Waals surface area contributed by atoms with E-state index in [4.69, 9.17) is 17.3 Å². The minimum atomic E-state index is -1.39. The Morgan fingerprint density at radius 3 is 2.32 bits per heavy atom. The Kier molecular flexibility index (Phi) is 6.07.